The Bertz CT molecular complexity index is 291. The molecule has 0 aliphatic heterocycles. The van der Waals surface area contributed by atoms with Crippen LogP contribution in [-0.2, 0) is 11.8 Å². The normalized spacial score (nSPS) is 13.4. The van der Waals surface area contributed by atoms with Crippen molar-refractivity contribution < 1.29 is 13.5 Å². The highest BCUT2D eigenvalue weighted by atomic mass is 19.3. The van der Waals surface area contributed by atoms with Gasteiger partial charge in [-0.15, -0.1) is 0 Å². The van der Waals surface area contributed by atoms with Gasteiger partial charge < -0.3 is 10.5 Å². The van der Waals surface area contributed by atoms with Crippen LogP contribution in [-0.4, -0.2) is 29.4 Å². The lowest BCUT2D eigenvalue weighted by Crippen LogP contribution is -2.17. The maximum Gasteiger partial charge on any atom is 0.261 e. The molecule has 15 heavy (non-hydrogen) atoms. The predicted octanol–water partition coefficient (Wildman–Crippen LogP) is 1.09. The monoisotopic (exact) mass is 219 g/mol. The van der Waals surface area contributed by atoms with E-state index in [-0.39, 0.29) is 12.6 Å². The van der Waals surface area contributed by atoms with E-state index in [0.717, 1.165) is 5.69 Å². The zero-order chi connectivity index (χ0) is 11.3. The van der Waals surface area contributed by atoms with E-state index >= 15 is 0 Å². The molecule has 0 saturated carbocycles. The van der Waals surface area contributed by atoms with Crippen LogP contribution in [0, 0.1) is 0 Å². The summed E-state index contributed by atoms with van der Waals surface area (Å²) in [5.41, 5.74) is 6.70. The number of ether oxygens (including phenoxy) is 1. The van der Waals surface area contributed by atoms with Gasteiger partial charge in [-0.25, -0.2) is 8.78 Å². The maximum absolute atomic E-state index is 11.7. The van der Waals surface area contributed by atoms with Crippen molar-refractivity contribution in [3.8, 4) is 0 Å². The highest BCUT2D eigenvalue weighted by Crippen LogP contribution is 2.12. The van der Waals surface area contributed by atoms with Crippen LogP contribution in [0.15, 0.2) is 12.3 Å². The third kappa shape index (κ3) is 3.93. The highest BCUT2D eigenvalue weighted by Gasteiger charge is 2.10. The topological polar surface area (TPSA) is 53.1 Å². The van der Waals surface area contributed by atoms with Gasteiger partial charge in [0.15, 0.2) is 0 Å². The van der Waals surface area contributed by atoms with E-state index in [9.17, 15) is 8.78 Å². The number of halogens is 2. The van der Waals surface area contributed by atoms with Crippen molar-refractivity contribution >= 4 is 0 Å². The summed E-state index contributed by atoms with van der Waals surface area (Å²) in [4.78, 5) is 0. The van der Waals surface area contributed by atoms with Gasteiger partial charge in [0.2, 0.25) is 0 Å². The Morgan fingerprint density at radius 1 is 1.60 bits per heavy atom. The van der Waals surface area contributed by atoms with Crippen molar-refractivity contribution in [2.24, 2.45) is 12.8 Å². The van der Waals surface area contributed by atoms with E-state index in [4.69, 9.17) is 10.5 Å². The molecule has 0 radical (unpaired) electrons. The number of aromatic nitrogens is 2. The number of aryl methyl sites for hydroxylation is 1. The first-order valence-corrected chi connectivity index (χ1v) is 4.70. The molecule has 1 aromatic rings. The Kier molecular flexibility index (Phi) is 4.64. The summed E-state index contributed by atoms with van der Waals surface area (Å²) in [6.07, 6.45) is -0.264. The third-order valence-electron chi connectivity index (χ3n) is 2.06. The fraction of sp³-hybridized carbons (Fsp3) is 0.667. The van der Waals surface area contributed by atoms with E-state index in [1.807, 2.05) is 0 Å². The van der Waals surface area contributed by atoms with E-state index in [2.05, 4.69) is 5.10 Å². The third-order valence-corrected chi connectivity index (χ3v) is 2.06. The molecule has 0 spiro atoms. The molecule has 1 rings (SSSR count). The van der Waals surface area contributed by atoms with Gasteiger partial charge >= 0.3 is 0 Å². The van der Waals surface area contributed by atoms with Crippen LogP contribution in [0.25, 0.3) is 0 Å². The maximum atomic E-state index is 11.7. The van der Waals surface area contributed by atoms with Crippen LogP contribution in [0.2, 0.25) is 0 Å². The minimum atomic E-state index is -2.42. The molecule has 0 amide bonds. The Morgan fingerprint density at radius 2 is 2.33 bits per heavy atom. The van der Waals surface area contributed by atoms with Crippen molar-refractivity contribution in [2.45, 2.75) is 18.9 Å². The molecular formula is C9H15F2N3O. The largest absolute Gasteiger partial charge is 0.375 e. The van der Waals surface area contributed by atoms with Gasteiger partial charge in [0.05, 0.1) is 5.69 Å². The molecule has 0 aromatic carbocycles. The van der Waals surface area contributed by atoms with Crippen molar-refractivity contribution in [3.63, 3.8) is 0 Å². The number of hydrogen-bond donors (Lipinski definition) is 1. The summed E-state index contributed by atoms with van der Waals surface area (Å²) in [5, 5.41) is 3.97. The molecule has 1 atom stereocenters. The van der Waals surface area contributed by atoms with Gasteiger partial charge in [-0.05, 0) is 12.5 Å². The summed E-state index contributed by atoms with van der Waals surface area (Å²) in [7, 11) is 1.79. The molecule has 1 unspecified atom stereocenters. The van der Waals surface area contributed by atoms with Gasteiger partial charge in [0, 0.05) is 25.9 Å². The molecule has 0 fully saturated rings. The van der Waals surface area contributed by atoms with Gasteiger partial charge in [0.1, 0.15) is 6.61 Å². The van der Waals surface area contributed by atoms with Crippen molar-refractivity contribution in [2.75, 3.05) is 13.2 Å². The average molecular weight is 219 g/mol. The standard InChI is InChI=1S/C9H15F2N3O/c1-14-8(2-4-13-14)7(12)3-5-15-6-9(10)11/h2,4,7,9H,3,5-6,12H2,1H3. The van der Waals surface area contributed by atoms with Crippen molar-refractivity contribution in [3.05, 3.63) is 18.0 Å². The van der Waals surface area contributed by atoms with Crippen LogP contribution in [0.1, 0.15) is 18.2 Å². The minimum Gasteiger partial charge on any atom is -0.375 e. The zero-order valence-corrected chi connectivity index (χ0v) is 8.57. The molecule has 2 N–H and O–H groups in total. The summed E-state index contributed by atoms with van der Waals surface area (Å²) in [6, 6.07) is 1.58. The van der Waals surface area contributed by atoms with Crippen LogP contribution >= 0.6 is 0 Å². The van der Waals surface area contributed by atoms with Gasteiger partial charge in [-0.2, -0.15) is 5.10 Å². The average Bonchev–Trinajstić information content (AvgIpc) is 2.58. The highest BCUT2D eigenvalue weighted by molar-refractivity contribution is 5.05. The fourth-order valence-corrected chi connectivity index (χ4v) is 1.28. The Labute approximate surface area is 87.0 Å². The van der Waals surface area contributed by atoms with E-state index in [1.54, 1.807) is 24.0 Å². The lowest BCUT2D eigenvalue weighted by molar-refractivity contribution is 0.0151. The summed E-state index contributed by atoms with van der Waals surface area (Å²) in [6.45, 7) is -0.297. The minimum absolute atomic E-state index is 0.227. The number of nitrogens with two attached hydrogens (primary N) is 1. The van der Waals surface area contributed by atoms with E-state index in [1.165, 1.54) is 0 Å². The van der Waals surface area contributed by atoms with E-state index < -0.39 is 13.0 Å². The van der Waals surface area contributed by atoms with Gasteiger partial charge in [-0.3, -0.25) is 4.68 Å². The Balaban J connectivity index is 2.25. The lowest BCUT2D eigenvalue weighted by atomic mass is 10.1. The van der Waals surface area contributed by atoms with Crippen molar-refractivity contribution in [1.29, 1.82) is 0 Å². The molecular weight excluding hydrogens is 204 g/mol. The SMILES string of the molecule is Cn1nccc1C(N)CCOCC(F)F. The quantitative estimate of drug-likeness (QED) is 0.729. The molecule has 1 heterocycles. The second kappa shape index (κ2) is 5.77. The van der Waals surface area contributed by atoms with E-state index in [0.29, 0.717) is 6.42 Å². The smallest absolute Gasteiger partial charge is 0.261 e. The van der Waals surface area contributed by atoms with Gasteiger partial charge in [0.25, 0.3) is 6.43 Å². The van der Waals surface area contributed by atoms with Crippen LogP contribution < -0.4 is 5.73 Å². The first-order chi connectivity index (χ1) is 7.11. The first-order valence-electron chi connectivity index (χ1n) is 4.70. The Hall–Kier alpha value is -1.01. The molecule has 0 bridgehead atoms. The van der Waals surface area contributed by atoms with Crippen molar-refractivity contribution in [1.82, 2.24) is 9.78 Å². The zero-order valence-electron chi connectivity index (χ0n) is 8.57. The number of nitrogens with zero attached hydrogens (tertiary/aromatic N) is 2. The fourth-order valence-electron chi connectivity index (χ4n) is 1.28. The molecule has 86 valence electrons. The molecule has 0 saturated heterocycles. The number of alkyl halides is 2. The first kappa shape index (κ1) is 12.1. The molecule has 0 aliphatic carbocycles. The molecule has 6 heteroatoms. The predicted molar refractivity (Wildman–Crippen MR) is 51.6 cm³/mol. The second-order valence-electron chi connectivity index (χ2n) is 3.24. The van der Waals surface area contributed by atoms with Crippen LogP contribution in [0.4, 0.5) is 8.78 Å². The Morgan fingerprint density at radius 3 is 2.87 bits per heavy atom. The number of hydrogen-bond acceptors (Lipinski definition) is 3. The van der Waals surface area contributed by atoms with Gasteiger partial charge in [-0.1, -0.05) is 0 Å². The van der Waals surface area contributed by atoms with Crippen LogP contribution in [0.3, 0.4) is 0 Å². The lowest BCUT2D eigenvalue weighted by Gasteiger charge is -2.11. The second-order valence-corrected chi connectivity index (χ2v) is 3.24. The summed E-state index contributed by atoms with van der Waals surface area (Å²) in [5.74, 6) is 0. The van der Waals surface area contributed by atoms with Crippen LogP contribution in [0.5, 0.6) is 0 Å². The summed E-state index contributed by atoms with van der Waals surface area (Å²) >= 11 is 0. The molecule has 0 aliphatic rings. The summed E-state index contributed by atoms with van der Waals surface area (Å²) < 4.78 is 29.9. The molecule has 1 aromatic heterocycles. The molecule has 4 nitrogen and oxygen atoms in total. The number of rotatable bonds is 6.